The zero-order valence-corrected chi connectivity index (χ0v) is 12.4. The van der Waals surface area contributed by atoms with E-state index in [1.165, 1.54) is 11.3 Å². The maximum atomic E-state index is 12.1. The van der Waals surface area contributed by atoms with Gasteiger partial charge in [0.2, 0.25) is 0 Å². The summed E-state index contributed by atoms with van der Waals surface area (Å²) in [4.78, 5) is 17.9. The molecular weight excluding hydrogens is 270 g/mol. The number of nitrogens with one attached hydrogen (secondary N) is 1. The molecule has 104 valence electrons. The number of nitrogens with zero attached hydrogens (tertiary/aromatic N) is 1. The normalized spacial score (nSPS) is 10.4. The van der Waals surface area contributed by atoms with Gasteiger partial charge in [0.25, 0.3) is 5.91 Å². The third-order valence-corrected chi connectivity index (χ3v) is 4.11. The Bertz CT molecular complexity index is 697. The molecule has 0 aromatic carbocycles. The Morgan fingerprint density at radius 2 is 2.30 bits per heavy atom. The second kappa shape index (κ2) is 5.93. The maximum absolute atomic E-state index is 12.1. The van der Waals surface area contributed by atoms with Crippen LogP contribution in [0.15, 0.2) is 6.07 Å². The Hall–Kier alpha value is -2.06. The highest BCUT2D eigenvalue weighted by molar-refractivity contribution is 7.21. The summed E-state index contributed by atoms with van der Waals surface area (Å²) < 4.78 is 0. The first-order valence-electron chi connectivity index (χ1n) is 6.42. The summed E-state index contributed by atoms with van der Waals surface area (Å²) in [6.07, 6.45) is 6.60. The van der Waals surface area contributed by atoms with Crippen LogP contribution in [0.4, 0.5) is 5.69 Å². The lowest BCUT2D eigenvalue weighted by Crippen LogP contribution is -2.24. The molecule has 5 heteroatoms. The van der Waals surface area contributed by atoms with Crippen molar-refractivity contribution in [1.82, 2.24) is 10.3 Å². The van der Waals surface area contributed by atoms with Crippen molar-refractivity contribution in [3.05, 3.63) is 22.2 Å². The molecule has 0 spiro atoms. The highest BCUT2D eigenvalue weighted by atomic mass is 32.1. The van der Waals surface area contributed by atoms with Crippen molar-refractivity contribution in [2.24, 2.45) is 0 Å². The number of thiophene rings is 1. The van der Waals surface area contributed by atoms with Crippen LogP contribution in [-0.4, -0.2) is 17.4 Å². The van der Waals surface area contributed by atoms with Crippen molar-refractivity contribution in [3.63, 3.8) is 0 Å². The Labute approximate surface area is 122 Å². The maximum Gasteiger partial charge on any atom is 0.263 e. The Kier molecular flexibility index (Phi) is 4.26. The number of carbonyl (C=O) groups excluding carboxylic acids is 1. The fourth-order valence-corrected chi connectivity index (χ4v) is 3.24. The molecule has 0 saturated carbocycles. The molecule has 1 amide bonds. The highest BCUT2D eigenvalue weighted by Gasteiger charge is 2.18. The molecule has 0 aliphatic rings. The molecule has 2 heterocycles. The van der Waals surface area contributed by atoms with Gasteiger partial charge in [-0.3, -0.25) is 4.79 Å². The molecule has 3 N–H and O–H groups in total. The van der Waals surface area contributed by atoms with Crippen molar-refractivity contribution in [2.75, 3.05) is 12.3 Å². The average molecular weight is 287 g/mol. The lowest BCUT2D eigenvalue weighted by atomic mass is 10.1. The van der Waals surface area contributed by atoms with Crippen molar-refractivity contribution < 1.29 is 4.79 Å². The van der Waals surface area contributed by atoms with E-state index in [1.807, 2.05) is 19.9 Å². The first kappa shape index (κ1) is 14.4. The monoisotopic (exact) mass is 287 g/mol. The molecule has 0 fully saturated rings. The van der Waals surface area contributed by atoms with Gasteiger partial charge in [-0.25, -0.2) is 4.98 Å². The van der Waals surface area contributed by atoms with Crippen LogP contribution in [0, 0.1) is 26.2 Å². The number of terminal acetylenes is 1. The summed E-state index contributed by atoms with van der Waals surface area (Å²) in [7, 11) is 0. The molecule has 0 bridgehead atoms. The minimum atomic E-state index is -0.153. The molecule has 0 aliphatic carbocycles. The smallest absolute Gasteiger partial charge is 0.263 e. The third kappa shape index (κ3) is 2.75. The number of anilines is 1. The Balaban J connectivity index is 2.27. The number of nitrogens with two attached hydrogens (primary N) is 1. The zero-order valence-electron chi connectivity index (χ0n) is 11.6. The second-order valence-electron chi connectivity index (χ2n) is 4.67. The molecule has 0 unspecified atom stereocenters. The number of aromatic nitrogens is 1. The van der Waals surface area contributed by atoms with Crippen LogP contribution in [0.1, 0.15) is 33.8 Å². The molecule has 0 saturated heterocycles. The molecule has 0 atom stereocenters. The van der Waals surface area contributed by atoms with E-state index in [0.29, 0.717) is 23.5 Å². The van der Waals surface area contributed by atoms with Gasteiger partial charge in [-0.15, -0.1) is 23.7 Å². The van der Waals surface area contributed by atoms with Crippen LogP contribution >= 0.6 is 11.3 Å². The molecule has 2 rings (SSSR count). The summed E-state index contributed by atoms with van der Waals surface area (Å²) in [6, 6.07) is 1.97. The van der Waals surface area contributed by atoms with Gasteiger partial charge in [0, 0.05) is 24.0 Å². The number of fused-ring (bicyclic) bond motifs is 1. The predicted octanol–water partition coefficient (Wildman–Crippen LogP) is 2.64. The van der Waals surface area contributed by atoms with Crippen molar-refractivity contribution >= 4 is 33.1 Å². The van der Waals surface area contributed by atoms with Gasteiger partial charge < -0.3 is 11.1 Å². The van der Waals surface area contributed by atoms with E-state index in [2.05, 4.69) is 16.2 Å². The number of unbranched alkanes of at least 4 members (excludes halogenated alkanes) is 1. The lowest BCUT2D eigenvalue weighted by molar-refractivity contribution is 0.0958. The second-order valence-corrected chi connectivity index (χ2v) is 5.67. The van der Waals surface area contributed by atoms with Crippen LogP contribution in [0.5, 0.6) is 0 Å². The van der Waals surface area contributed by atoms with Gasteiger partial charge in [-0.2, -0.15) is 0 Å². The molecule has 0 radical (unpaired) electrons. The lowest BCUT2D eigenvalue weighted by Gasteiger charge is -2.03. The summed E-state index contributed by atoms with van der Waals surface area (Å²) in [5, 5.41) is 3.72. The largest absolute Gasteiger partial charge is 0.397 e. The van der Waals surface area contributed by atoms with E-state index >= 15 is 0 Å². The average Bonchev–Trinajstić information content (AvgIpc) is 2.71. The van der Waals surface area contributed by atoms with Crippen molar-refractivity contribution in [2.45, 2.75) is 26.7 Å². The zero-order chi connectivity index (χ0) is 14.7. The summed E-state index contributed by atoms with van der Waals surface area (Å²) in [5.74, 6) is 2.39. The number of hydrogen-bond acceptors (Lipinski definition) is 4. The van der Waals surface area contributed by atoms with E-state index < -0.39 is 0 Å². The third-order valence-electron chi connectivity index (χ3n) is 3.01. The molecular formula is C15H17N3OS. The summed E-state index contributed by atoms with van der Waals surface area (Å²) in [6.45, 7) is 4.47. The number of pyridine rings is 1. The van der Waals surface area contributed by atoms with Crippen LogP contribution in [0.3, 0.4) is 0 Å². The van der Waals surface area contributed by atoms with Crippen LogP contribution in [0.2, 0.25) is 0 Å². The predicted molar refractivity (Wildman–Crippen MR) is 83.9 cm³/mol. The minimum absolute atomic E-state index is 0.153. The summed E-state index contributed by atoms with van der Waals surface area (Å²) in [5.41, 5.74) is 8.59. The van der Waals surface area contributed by atoms with Crippen LogP contribution in [-0.2, 0) is 0 Å². The quantitative estimate of drug-likeness (QED) is 0.671. The van der Waals surface area contributed by atoms with E-state index in [9.17, 15) is 4.79 Å². The SMILES string of the molecule is C#CCCCNC(=O)c1sc2nc(C)cc(C)c2c1N. The van der Waals surface area contributed by atoms with E-state index in [-0.39, 0.29) is 5.91 Å². The van der Waals surface area contributed by atoms with E-state index in [1.54, 1.807) is 0 Å². The minimum Gasteiger partial charge on any atom is -0.397 e. The number of hydrogen-bond donors (Lipinski definition) is 2. The van der Waals surface area contributed by atoms with Gasteiger partial charge in [-0.1, -0.05) is 0 Å². The number of carbonyl (C=O) groups is 1. The number of amides is 1. The number of aryl methyl sites for hydroxylation is 2. The van der Waals surface area contributed by atoms with E-state index in [0.717, 1.165) is 27.9 Å². The first-order valence-corrected chi connectivity index (χ1v) is 7.24. The van der Waals surface area contributed by atoms with Gasteiger partial charge in [0.05, 0.1) is 5.69 Å². The highest BCUT2D eigenvalue weighted by Crippen LogP contribution is 2.34. The fourth-order valence-electron chi connectivity index (χ4n) is 2.11. The van der Waals surface area contributed by atoms with Crippen LogP contribution < -0.4 is 11.1 Å². The molecule has 20 heavy (non-hydrogen) atoms. The Morgan fingerprint density at radius 1 is 1.55 bits per heavy atom. The van der Waals surface area contributed by atoms with Gasteiger partial charge >= 0.3 is 0 Å². The standard InChI is InChI=1S/C15H17N3OS/c1-4-5-6-7-17-14(19)13-12(16)11-9(2)8-10(3)18-15(11)20-13/h1,8H,5-7,16H2,2-3H3,(H,17,19). The molecule has 4 nitrogen and oxygen atoms in total. The fraction of sp³-hybridized carbons (Fsp3) is 0.333. The number of rotatable bonds is 4. The summed E-state index contributed by atoms with van der Waals surface area (Å²) >= 11 is 1.34. The first-order chi connectivity index (χ1) is 9.54. The van der Waals surface area contributed by atoms with Crippen molar-refractivity contribution in [3.8, 4) is 12.3 Å². The Morgan fingerprint density at radius 3 is 3.00 bits per heavy atom. The number of nitrogen functional groups attached to an aromatic ring is 1. The van der Waals surface area contributed by atoms with Gasteiger partial charge in [0.1, 0.15) is 9.71 Å². The van der Waals surface area contributed by atoms with Gasteiger partial charge in [-0.05, 0) is 31.9 Å². The molecule has 2 aromatic rings. The van der Waals surface area contributed by atoms with E-state index in [4.69, 9.17) is 12.2 Å². The molecule has 0 aliphatic heterocycles. The van der Waals surface area contributed by atoms with Gasteiger partial charge in [0.15, 0.2) is 0 Å². The van der Waals surface area contributed by atoms with Crippen molar-refractivity contribution in [1.29, 1.82) is 0 Å². The topological polar surface area (TPSA) is 68.0 Å². The van der Waals surface area contributed by atoms with Crippen LogP contribution in [0.25, 0.3) is 10.2 Å². The molecule has 2 aromatic heterocycles.